The summed E-state index contributed by atoms with van der Waals surface area (Å²) in [6, 6.07) is 11.8. The van der Waals surface area contributed by atoms with Gasteiger partial charge in [-0.3, -0.25) is 19.2 Å². The van der Waals surface area contributed by atoms with Gasteiger partial charge in [0.2, 0.25) is 17.7 Å². The third kappa shape index (κ3) is 9.73. The van der Waals surface area contributed by atoms with Crippen LogP contribution in [0.25, 0.3) is 0 Å². The third-order valence-electron chi connectivity index (χ3n) is 8.15. The highest BCUT2D eigenvalue weighted by Gasteiger charge is 2.29. The molecule has 1 heterocycles. The normalized spacial score (nSPS) is 21.8. The van der Waals surface area contributed by atoms with Crippen LogP contribution in [0, 0.1) is 0 Å². The molecule has 4 N–H and O–H groups in total. The van der Waals surface area contributed by atoms with Gasteiger partial charge in [0.15, 0.2) is 0 Å². The van der Waals surface area contributed by atoms with Crippen LogP contribution < -0.4 is 20.7 Å². The second-order valence-corrected chi connectivity index (χ2v) is 11.6. The van der Waals surface area contributed by atoms with E-state index in [1.165, 1.54) is 0 Å². The molecule has 0 bridgehead atoms. The van der Waals surface area contributed by atoms with E-state index in [2.05, 4.69) is 16.0 Å². The maximum Gasteiger partial charge on any atom is 0.255 e. The summed E-state index contributed by atoms with van der Waals surface area (Å²) in [7, 11) is 1.74. The molecule has 0 saturated heterocycles. The minimum Gasteiger partial charge on any atom is -0.508 e. The summed E-state index contributed by atoms with van der Waals surface area (Å²) in [5.74, 6) is -0.792. The number of phenolic OH excluding ortho intramolecular Hbond substituents is 1. The summed E-state index contributed by atoms with van der Waals surface area (Å²) < 4.78 is 5.95. The van der Waals surface area contributed by atoms with E-state index in [0.29, 0.717) is 24.5 Å². The zero-order valence-electron chi connectivity index (χ0n) is 25.0. The number of ether oxygens (including phenoxy) is 1. The average Bonchev–Trinajstić information content (AvgIpc) is 3.51. The summed E-state index contributed by atoms with van der Waals surface area (Å²) in [6.45, 7) is 0.990. The molecule has 0 spiro atoms. The van der Waals surface area contributed by atoms with Crippen molar-refractivity contribution in [1.82, 2.24) is 20.9 Å². The molecule has 0 radical (unpaired) electrons. The van der Waals surface area contributed by atoms with Crippen molar-refractivity contribution < 1.29 is 29.0 Å². The van der Waals surface area contributed by atoms with Crippen LogP contribution in [0.1, 0.15) is 80.1 Å². The highest BCUT2D eigenvalue weighted by atomic mass is 16.5. The summed E-state index contributed by atoms with van der Waals surface area (Å²) >= 11 is 0. The Bertz CT molecular complexity index is 1240. The SMILES string of the molecule is CN1CCCCCCOc2ccccc2C(=O)N[C@H](C(=O)NC2CCCC2)CCC(=O)N[C@@H](Cc2ccc(O)cc2)C1=O. The predicted molar refractivity (Wildman–Crippen MR) is 163 cm³/mol. The van der Waals surface area contributed by atoms with Gasteiger partial charge in [-0.2, -0.15) is 0 Å². The quantitative estimate of drug-likeness (QED) is 0.429. The first-order chi connectivity index (χ1) is 20.8. The lowest BCUT2D eigenvalue weighted by Crippen LogP contribution is -2.51. The molecule has 10 heteroatoms. The molecule has 2 aromatic carbocycles. The van der Waals surface area contributed by atoms with E-state index in [9.17, 15) is 24.3 Å². The van der Waals surface area contributed by atoms with Crippen LogP contribution in [0.2, 0.25) is 0 Å². The number of carbonyl (C=O) groups excluding carboxylic acids is 4. The first-order valence-corrected chi connectivity index (χ1v) is 15.5. The number of phenols is 1. The maximum absolute atomic E-state index is 13.5. The Morgan fingerprint density at radius 2 is 1.65 bits per heavy atom. The Labute approximate surface area is 253 Å². The van der Waals surface area contributed by atoms with Gasteiger partial charge in [0.1, 0.15) is 23.6 Å². The fourth-order valence-electron chi connectivity index (χ4n) is 5.63. The number of nitrogens with one attached hydrogen (secondary N) is 3. The van der Waals surface area contributed by atoms with Crippen molar-refractivity contribution in [2.45, 2.75) is 88.8 Å². The summed E-state index contributed by atoms with van der Waals surface area (Å²) in [5, 5.41) is 18.4. The van der Waals surface area contributed by atoms with Gasteiger partial charge in [-0.15, -0.1) is 0 Å². The Morgan fingerprint density at radius 3 is 2.42 bits per heavy atom. The number of benzene rings is 2. The number of carbonyl (C=O) groups is 4. The van der Waals surface area contributed by atoms with Crippen LogP contribution >= 0.6 is 0 Å². The second-order valence-electron chi connectivity index (χ2n) is 11.6. The molecule has 0 aromatic heterocycles. The molecule has 4 amide bonds. The number of hydrogen-bond donors (Lipinski definition) is 4. The molecule has 1 aliphatic carbocycles. The van der Waals surface area contributed by atoms with Crippen LogP contribution in [0.4, 0.5) is 0 Å². The van der Waals surface area contributed by atoms with Crippen molar-refractivity contribution >= 4 is 23.6 Å². The van der Waals surface area contributed by atoms with E-state index in [1.807, 2.05) is 0 Å². The van der Waals surface area contributed by atoms with Crippen molar-refractivity contribution in [3.05, 3.63) is 59.7 Å². The minimum atomic E-state index is -0.942. The Morgan fingerprint density at radius 1 is 0.930 bits per heavy atom. The molecular formula is C33H44N4O6. The zero-order chi connectivity index (χ0) is 30.6. The fourth-order valence-corrected chi connectivity index (χ4v) is 5.63. The lowest BCUT2D eigenvalue weighted by Gasteiger charge is -2.25. The molecule has 2 aromatic rings. The van der Waals surface area contributed by atoms with Gasteiger partial charge in [0, 0.05) is 32.5 Å². The van der Waals surface area contributed by atoms with E-state index in [4.69, 9.17) is 4.74 Å². The van der Waals surface area contributed by atoms with E-state index >= 15 is 0 Å². The van der Waals surface area contributed by atoms with Gasteiger partial charge in [0.25, 0.3) is 5.91 Å². The summed E-state index contributed by atoms with van der Waals surface area (Å²) in [6.07, 6.45) is 7.50. The molecule has 0 unspecified atom stereocenters. The van der Waals surface area contributed by atoms with Crippen molar-refractivity contribution in [3.8, 4) is 11.5 Å². The lowest BCUT2D eigenvalue weighted by molar-refractivity contribution is -0.135. The van der Waals surface area contributed by atoms with Crippen LogP contribution in [-0.2, 0) is 20.8 Å². The highest BCUT2D eigenvalue weighted by molar-refractivity contribution is 6.00. The Balaban J connectivity index is 1.54. The van der Waals surface area contributed by atoms with Crippen molar-refractivity contribution in [3.63, 3.8) is 0 Å². The fraction of sp³-hybridized carbons (Fsp3) is 0.515. The molecule has 1 aliphatic heterocycles. The van der Waals surface area contributed by atoms with Crippen molar-refractivity contribution in [2.75, 3.05) is 20.2 Å². The number of amides is 4. The first-order valence-electron chi connectivity index (χ1n) is 15.5. The van der Waals surface area contributed by atoms with Gasteiger partial charge in [0.05, 0.1) is 12.2 Å². The molecule has 2 aliphatic rings. The highest BCUT2D eigenvalue weighted by Crippen LogP contribution is 2.21. The molecular weight excluding hydrogens is 548 g/mol. The molecule has 2 atom stereocenters. The van der Waals surface area contributed by atoms with Crippen LogP contribution in [0.15, 0.2) is 48.5 Å². The molecule has 1 saturated carbocycles. The molecule has 1 fully saturated rings. The number of fused-ring (bicyclic) bond motifs is 1. The standard InChI is InChI=1S/C33H44N4O6/c1-37-20-8-2-3-9-21-43-29-13-7-6-12-26(29)31(40)36-27(32(41)34-24-10-4-5-11-24)18-19-30(39)35-28(33(37)42)22-23-14-16-25(38)17-15-23/h6-7,12-17,24,27-28,38H,2-5,8-11,18-22H2,1H3,(H,34,41)(H,35,39)(H,36,40)/t27-,28-/m0/s1. The second kappa shape index (κ2) is 16.0. The molecule has 43 heavy (non-hydrogen) atoms. The van der Waals surface area contributed by atoms with Crippen LogP contribution in [0.3, 0.4) is 0 Å². The number of nitrogens with zero attached hydrogens (tertiary/aromatic N) is 1. The molecule has 4 rings (SSSR count). The number of rotatable bonds is 4. The minimum absolute atomic E-state index is 0.0497. The van der Waals surface area contributed by atoms with E-state index in [-0.39, 0.29) is 48.8 Å². The van der Waals surface area contributed by atoms with Gasteiger partial charge >= 0.3 is 0 Å². The number of hydrogen-bond acceptors (Lipinski definition) is 6. The maximum atomic E-state index is 13.5. The Kier molecular flexibility index (Phi) is 11.8. The van der Waals surface area contributed by atoms with Gasteiger partial charge in [-0.25, -0.2) is 0 Å². The lowest BCUT2D eigenvalue weighted by atomic mass is 10.0. The smallest absolute Gasteiger partial charge is 0.255 e. The Hall–Kier alpha value is -4.08. The largest absolute Gasteiger partial charge is 0.508 e. The van der Waals surface area contributed by atoms with E-state index < -0.39 is 18.0 Å². The number of para-hydroxylation sites is 1. The van der Waals surface area contributed by atoms with Crippen LogP contribution in [0.5, 0.6) is 11.5 Å². The van der Waals surface area contributed by atoms with Crippen LogP contribution in [-0.4, -0.2) is 72.0 Å². The third-order valence-corrected chi connectivity index (χ3v) is 8.15. The molecule has 10 nitrogen and oxygen atoms in total. The monoisotopic (exact) mass is 592 g/mol. The molecule has 232 valence electrons. The number of aromatic hydroxyl groups is 1. The van der Waals surface area contributed by atoms with Crippen molar-refractivity contribution in [1.29, 1.82) is 0 Å². The van der Waals surface area contributed by atoms with E-state index in [1.54, 1.807) is 60.5 Å². The van der Waals surface area contributed by atoms with Crippen molar-refractivity contribution in [2.24, 2.45) is 0 Å². The topological polar surface area (TPSA) is 137 Å². The average molecular weight is 593 g/mol. The zero-order valence-corrected chi connectivity index (χ0v) is 25.0. The summed E-state index contributed by atoms with van der Waals surface area (Å²) in [5.41, 5.74) is 1.13. The predicted octanol–water partition coefficient (Wildman–Crippen LogP) is 3.47. The van der Waals surface area contributed by atoms with Gasteiger partial charge in [-0.05, 0) is 61.9 Å². The van der Waals surface area contributed by atoms with Gasteiger partial charge in [-0.1, -0.05) is 49.9 Å². The van der Waals surface area contributed by atoms with Gasteiger partial charge < -0.3 is 30.7 Å². The number of likely N-dealkylation sites (N-methyl/N-ethyl adjacent to an activating group) is 1. The first kappa shape index (κ1) is 31.8. The van der Waals surface area contributed by atoms with E-state index in [0.717, 1.165) is 56.9 Å². The summed E-state index contributed by atoms with van der Waals surface area (Å²) in [4.78, 5) is 55.1.